The summed E-state index contributed by atoms with van der Waals surface area (Å²) in [4.78, 5) is 12.0. The average Bonchev–Trinajstić information content (AvgIpc) is 2.91. The number of pyridine rings is 1. The van der Waals surface area contributed by atoms with Gasteiger partial charge < -0.3 is 5.32 Å². The van der Waals surface area contributed by atoms with Gasteiger partial charge in [-0.25, -0.2) is 0 Å². The summed E-state index contributed by atoms with van der Waals surface area (Å²) in [5.41, 5.74) is 1.60. The van der Waals surface area contributed by atoms with Crippen LogP contribution in [0.15, 0.2) is 53.8 Å². The van der Waals surface area contributed by atoms with E-state index in [0.717, 1.165) is 14.9 Å². The molecule has 1 N–H and O–H groups in total. The molecule has 0 aliphatic carbocycles. The zero-order chi connectivity index (χ0) is 14.7. The van der Waals surface area contributed by atoms with Crippen molar-refractivity contribution in [3.8, 4) is 0 Å². The highest BCUT2D eigenvalue weighted by Crippen LogP contribution is 2.19. The van der Waals surface area contributed by atoms with Gasteiger partial charge in [0.1, 0.15) is 0 Å². The highest BCUT2D eigenvalue weighted by molar-refractivity contribution is 14.1. The van der Waals surface area contributed by atoms with Gasteiger partial charge in [0.25, 0.3) is 0 Å². The van der Waals surface area contributed by atoms with Crippen LogP contribution < -0.4 is 5.32 Å². The molecule has 21 heavy (non-hydrogen) atoms. The molecule has 0 atom stereocenters. The van der Waals surface area contributed by atoms with Crippen molar-refractivity contribution in [1.29, 1.82) is 0 Å². The molecule has 0 fully saturated rings. The number of para-hydroxylation sites is 1. The van der Waals surface area contributed by atoms with Crippen LogP contribution in [0.25, 0.3) is 5.65 Å². The fourth-order valence-electron chi connectivity index (χ4n) is 1.80. The largest absolute Gasteiger partial charge is 0.324 e. The molecule has 7 heteroatoms. The SMILES string of the molecule is O=C(CSc1nnc2ccccn12)Nc1ccccc1I. The van der Waals surface area contributed by atoms with Gasteiger partial charge in [0, 0.05) is 9.77 Å². The van der Waals surface area contributed by atoms with E-state index in [1.54, 1.807) is 0 Å². The van der Waals surface area contributed by atoms with E-state index in [4.69, 9.17) is 0 Å². The Labute approximate surface area is 139 Å². The van der Waals surface area contributed by atoms with E-state index in [2.05, 4.69) is 38.1 Å². The van der Waals surface area contributed by atoms with E-state index in [1.807, 2.05) is 53.1 Å². The topological polar surface area (TPSA) is 59.3 Å². The fourth-order valence-corrected chi connectivity index (χ4v) is 3.04. The van der Waals surface area contributed by atoms with Crippen LogP contribution in [0.2, 0.25) is 0 Å². The summed E-state index contributed by atoms with van der Waals surface area (Å²) in [5.74, 6) is 0.234. The Morgan fingerprint density at radius 3 is 2.86 bits per heavy atom. The van der Waals surface area contributed by atoms with Crippen molar-refractivity contribution in [3.05, 3.63) is 52.2 Å². The smallest absolute Gasteiger partial charge is 0.234 e. The summed E-state index contributed by atoms with van der Waals surface area (Å²) in [6.45, 7) is 0. The van der Waals surface area contributed by atoms with Gasteiger partial charge in [-0.05, 0) is 46.9 Å². The van der Waals surface area contributed by atoms with Crippen molar-refractivity contribution in [2.24, 2.45) is 0 Å². The summed E-state index contributed by atoms with van der Waals surface area (Å²) >= 11 is 3.56. The van der Waals surface area contributed by atoms with Gasteiger partial charge in [0.05, 0.1) is 11.4 Å². The maximum atomic E-state index is 12.0. The van der Waals surface area contributed by atoms with E-state index in [-0.39, 0.29) is 5.91 Å². The maximum absolute atomic E-state index is 12.0. The maximum Gasteiger partial charge on any atom is 0.234 e. The molecule has 2 heterocycles. The molecule has 0 unspecified atom stereocenters. The number of rotatable bonds is 4. The Morgan fingerprint density at radius 1 is 1.19 bits per heavy atom. The monoisotopic (exact) mass is 410 g/mol. The normalized spacial score (nSPS) is 10.7. The van der Waals surface area contributed by atoms with E-state index >= 15 is 0 Å². The second-order valence-electron chi connectivity index (χ2n) is 4.23. The molecule has 5 nitrogen and oxygen atoms in total. The summed E-state index contributed by atoms with van der Waals surface area (Å²) in [6, 6.07) is 13.4. The number of thioether (sulfide) groups is 1. The van der Waals surface area contributed by atoms with E-state index in [1.165, 1.54) is 11.8 Å². The minimum Gasteiger partial charge on any atom is -0.324 e. The van der Waals surface area contributed by atoms with Gasteiger partial charge >= 0.3 is 0 Å². The highest BCUT2D eigenvalue weighted by Gasteiger charge is 2.09. The third-order valence-electron chi connectivity index (χ3n) is 2.76. The number of hydrogen-bond acceptors (Lipinski definition) is 4. The summed E-state index contributed by atoms with van der Waals surface area (Å²) in [5, 5.41) is 11.7. The Balaban J connectivity index is 1.65. The van der Waals surface area contributed by atoms with Crippen LogP contribution in [-0.2, 0) is 4.79 Å². The Hall–Kier alpha value is -1.61. The number of halogens is 1. The van der Waals surface area contributed by atoms with Crippen LogP contribution in [0.3, 0.4) is 0 Å². The second kappa shape index (κ2) is 6.44. The first-order chi connectivity index (χ1) is 10.2. The molecule has 1 amide bonds. The molecule has 2 aromatic heterocycles. The lowest BCUT2D eigenvalue weighted by atomic mass is 10.3. The van der Waals surface area contributed by atoms with Gasteiger partial charge in [-0.1, -0.05) is 30.0 Å². The average molecular weight is 410 g/mol. The molecular weight excluding hydrogens is 399 g/mol. The standard InChI is InChI=1S/C14H11IN4OS/c15-10-5-1-2-6-11(10)16-13(20)9-21-14-18-17-12-7-3-4-8-19(12)14/h1-8H,9H2,(H,16,20). The summed E-state index contributed by atoms with van der Waals surface area (Å²) in [7, 11) is 0. The van der Waals surface area contributed by atoms with E-state index in [9.17, 15) is 4.79 Å². The van der Waals surface area contributed by atoms with Crippen LogP contribution in [0, 0.1) is 3.57 Å². The number of carbonyl (C=O) groups is 1. The van der Waals surface area contributed by atoms with Gasteiger partial charge in [-0.2, -0.15) is 0 Å². The fraction of sp³-hybridized carbons (Fsp3) is 0.0714. The van der Waals surface area contributed by atoms with Crippen LogP contribution in [-0.4, -0.2) is 26.3 Å². The lowest BCUT2D eigenvalue weighted by Gasteiger charge is -2.06. The first-order valence-corrected chi connectivity index (χ1v) is 8.27. The number of benzene rings is 1. The first kappa shape index (κ1) is 14.3. The number of carbonyl (C=O) groups excluding carboxylic acids is 1. The third-order valence-corrected chi connectivity index (χ3v) is 4.65. The second-order valence-corrected chi connectivity index (χ2v) is 6.33. The molecule has 0 aliphatic rings. The number of anilines is 1. The van der Waals surface area contributed by atoms with Crippen molar-refractivity contribution in [2.45, 2.75) is 5.16 Å². The molecule has 0 saturated heterocycles. The van der Waals surface area contributed by atoms with Gasteiger partial charge in [-0.3, -0.25) is 9.20 Å². The zero-order valence-electron chi connectivity index (χ0n) is 10.9. The zero-order valence-corrected chi connectivity index (χ0v) is 13.8. The number of nitrogens with one attached hydrogen (secondary N) is 1. The van der Waals surface area contributed by atoms with Crippen LogP contribution >= 0.6 is 34.4 Å². The molecule has 0 saturated carbocycles. The number of nitrogens with zero attached hydrogens (tertiary/aromatic N) is 3. The van der Waals surface area contributed by atoms with Crippen molar-refractivity contribution in [3.63, 3.8) is 0 Å². The minimum atomic E-state index is -0.0585. The molecule has 3 rings (SSSR count). The van der Waals surface area contributed by atoms with Crippen molar-refractivity contribution in [2.75, 3.05) is 11.1 Å². The Kier molecular flexibility index (Phi) is 4.39. The number of amides is 1. The lowest BCUT2D eigenvalue weighted by Crippen LogP contribution is -2.15. The number of aromatic nitrogens is 3. The van der Waals surface area contributed by atoms with Crippen molar-refractivity contribution < 1.29 is 4.79 Å². The minimum absolute atomic E-state index is 0.0585. The lowest BCUT2D eigenvalue weighted by molar-refractivity contribution is -0.113. The molecule has 3 aromatic rings. The predicted octanol–water partition coefficient (Wildman–Crippen LogP) is 3.06. The highest BCUT2D eigenvalue weighted by atomic mass is 127. The summed E-state index contributed by atoms with van der Waals surface area (Å²) in [6.07, 6.45) is 1.88. The number of fused-ring (bicyclic) bond motifs is 1. The van der Waals surface area contributed by atoms with Crippen molar-refractivity contribution >= 4 is 51.6 Å². The third kappa shape index (κ3) is 3.35. The van der Waals surface area contributed by atoms with Gasteiger partial charge in [0.15, 0.2) is 10.8 Å². The van der Waals surface area contributed by atoms with Crippen molar-refractivity contribution in [1.82, 2.24) is 14.6 Å². The van der Waals surface area contributed by atoms with E-state index in [0.29, 0.717) is 10.9 Å². The van der Waals surface area contributed by atoms with Crippen LogP contribution in [0.5, 0.6) is 0 Å². The number of hydrogen-bond donors (Lipinski definition) is 1. The molecule has 0 spiro atoms. The molecule has 0 bridgehead atoms. The molecule has 0 radical (unpaired) electrons. The Bertz CT molecular complexity index is 789. The van der Waals surface area contributed by atoms with Gasteiger partial charge in [-0.15, -0.1) is 10.2 Å². The van der Waals surface area contributed by atoms with Crippen LogP contribution in [0.4, 0.5) is 5.69 Å². The predicted molar refractivity (Wildman–Crippen MR) is 91.5 cm³/mol. The molecule has 1 aromatic carbocycles. The first-order valence-electron chi connectivity index (χ1n) is 6.21. The summed E-state index contributed by atoms with van der Waals surface area (Å²) < 4.78 is 2.88. The Morgan fingerprint density at radius 2 is 2.00 bits per heavy atom. The van der Waals surface area contributed by atoms with Crippen LogP contribution in [0.1, 0.15) is 0 Å². The quantitative estimate of drug-likeness (QED) is 0.531. The molecule has 106 valence electrons. The molecule has 0 aliphatic heterocycles. The molecular formula is C14H11IN4OS. The van der Waals surface area contributed by atoms with Gasteiger partial charge in [0.2, 0.25) is 5.91 Å². The van der Waals surface area contributed by atoms with E-state index < -0.39 is 0 Å².